The summed E-state index contributed by atoms with van der Waals surface area (Å²) in [7, 11) is 1.68. The summed E-state index contributed by atoms with van der Waals surface area (Å²) in [5.74, 6) is 0.892. The van der Waals surface area contributed by atoms with Crippen molar-refractivity contribution >= 4 is 11.9 Å². The molecule has 0 aliphatic rings. The Morgan fingerprint density at radius 2 is 1.82 bits per heavy atom. The van der Waals surface area contributed by atoms with Gasteiger partial charge in [-0.15, -0.1) is 0 Å². The fourth-order valence-electron chi connectivity index (χ4n) is 1.63. The molecule has 0 fully saturated rings. The van der Waals surface area contributed by atoms with Gasteiger partial charge in [0.15, 0.2) is 0 Å². The number of nitrogens with zero attached hydrogens (tertiary/aromatic N) is 1. The normalized spacial score (nSPS) is 10.7. The third-order valence-corrected chi connectivity index (χ3v) is 2.54. The smallest absolute Gasteiger partial charge is 0.121 e. The van der Waals surface area contributed by atoms with Crippen molar-refractivity contribution in [2.75, 3.05) is 7.11 Å². The predicted molar refractivity (Wildman–Crippen MR) is 71.4 cm³/mol. The largest absolute Gasteiger partial charge is 0.496 e. The van der Waals surface area contributed by atoms with Gasteiger partial charge in [-0.05, 0) is 36.2 Å². The van der Waals surface area contributed by atoms with Gasteiger partial charge < -0.3 is 4.74 Å². The van der Waals surface area contributed by atoms with Gasteiger partial charge in [-0.3, -0.25) is 4.99 Å². The molecule has 0 aliphatic carbocycles. The lowest BCUT2D eigenvalue weighted by Crippen LogP contribution is -1.85. The van der Waals surface area contributed by atoms with Crippen molar-refractivity contribution in [1.82, 2.24) is 0 Å². The molecule has 0 heterocycles. The first-order valence-corrected chi connectivity index (χ1v) is 5.53. The van der Waals surface area contributed by atoms with Crippen LogP contribution in [0.25, 0.3) is 0 Å². The van der Waals surface area contributed by atoms with Crippen LogP contribution < -0.4 is 4.74 Å². The van der Waals surface area contributed by atoms with Crippen molar-refractivity contribution in [2.45, 2.75) is 6.92 Å². The Hall–Kier alpha value is -2.09. The van der Waals surface area contributed by atoms with Crippen LogP contribution in [0.1, 0.15) is 11.1 Å². The Bertz CT molecular complexity index is 518. The van der Waals surface area contributed by atoms with Gasteiger partial charge in [0.2, 0.25) is 0 Å². The fourth-order valence-corrected chi connectivity index (χ4v) is 1.63. The molecule has 0 saturated heterocycles. The number of methoxy groups -OCH3 is 1. The number of ether oxygens (including phenoxy) is 1. The first-order chi connectivity index (χ1) is 8.29. The highest BCUT2D eigenvalue weighted by Gasteiger charge is 1.97. The van der Waals surface area contributed by atoms with Gasteiger partial charge in [-0.2, -0.15) is 0 Å². The van der Waals surface area contributed by atoms with E-state index in [4.69, 9.17) is 4.74 Å². The van der Waals surface area contributed by atoms with Crippen molar-refractivity contribution in [3.63, 3.8) is 0 Å². The highest BCUT2D eigenvalue weighted by Crippen LogP contribution is 2.23. The number of aliphatic imine (C=N–C) groups is 1. The van der Waals surface area contributed by atoms with E-state index < -0.39 is 0 Å². The van der Waals surface area contributed by atoms with Gasteiger partial charge in [-0.1, -0.05) is 30.3 Å². The average Bonchev–Trinajstić information content (AvgIpc) is 2.38. The summed E-state index contributed by atoms with van der Waals surface area (Å²) >= 11 is 0. The molecule has 0 aromatic heterocycles. The number of hydrogen-bond donors (Lipinski definition) is 0. The molecule has 0 spiro atoms. The SMILES string of the molecule is COc1ccc(N=Cc2ccccc2)cc1C. The van der Waals surface area contributed by atoms with Crippen LogP contribution in [0.15, 0.2) is 53.5 Å². The summed E-state index contributed by atoms with van der Waals surface area (Å²) in [6, 6.07) is 16.0. The van der Waals surface area contributed by atoms with Gasteiger partial charge in [0.05, 0.1) is 12.8 Å². The Morgan fingerprint density at radius 3 is 2.47 bits per heavy atom. The lowest BCUT2D eigenvalue weighted by Gasteiger charge is -2.04. The molecule has 2 aromatic carbocycles. The summed E-state index contributed by atoms with van der Waals surface area (Å²) in [4.78, 5) is 4.43. The number of aryl methyl sites for hydroxylation is 1. The van der Waals surface area contributed by atoms with Crippen LogP contribution in [0.5, 0.6) is 5.75 Å². The van der Waals surface area contributed by atoms with Crippen molar-refractivity contribution < 1.29 is 4.74 Å². The van der Waals surface area contributed by atoms with Crippen molar-refractivity contribution in [1.29, 1.82) is 0 Å². The van der Waals surface area contributed by atoms with Gasteiger partial charge in [0, 0.05) is 6.21 Å². The van der Waals surface area contributed by atoms with Gasteiger partial charge in [0.25, 0.3) is 0 Å². The van der Waals surface area contributed by atoms with Crippen LogP contribution >= 0.6 is 0 Å². The molecule has 17 heavy (non-hydrogen) atoms. The van der Waals surface area contributed by atoms with Crippen molar-refractivity contribution in [3.8, 4) is 5.75 Å². The van der Waals surface area contributed by atoms with E-state index in [1.807, 2.05) is 61.7 Å². The Kier molecular flexibility index (Phi) is 3.55. The monoisotopic (exact) mass is 225 g/mol. The maximum absolute atomic E-state index is 5.21. The molecular formula is C15H15NO. The highest BCUT2D eigenvalue weighted by atomic mass is 16.5. The van der Waals surface area contributed by atoms with E-state index in [1.165, 1.54) is 0 Å². The Morgan fingerprint density at radius 1 is 1.06 bits per heavy atom. The number of rotatable bonds is 3. The third kappa shape index (κ3) is 2.94. The van der Waals surface area contributed by atoms with Gasteiger partial charge in [-0.25, -0.2) is 0 Å². The summed E-state index contributed by atoms with van der Waals surface area (Å²) in [5.41, 5.74) is 3.13. The molecule has 0 bridgehead atoms. The van der Waals surface area contributed by atoms with E-state index in [2.05, 4.69) is 4.99 Å². The minimum atomic E-state index is 0.892. The predicted octanol–water partition coefficient (Wildman–Crippen LogP) is 3.75. The molecule has 0 N–H and O–H groups in total. The molecule has 0 radical (unpaired) electrons. The van der Waals surface area contributed by atoms with E-state index in [1.54, 1.807) is 7.11 Å². The molecule has 2 rings (SSSR count). The van der Waals surface area contributed by atoms with Gasteiger partial charge >= 0.3 is 0 Å². The minimum absolute atomic E-state index is 0.892. The van der Waals surface area contributed by atoms with Crippen molar-refractivity contribution in [3.05, 3.63) is 59.7 Å². The van der Waals surface area contributed by atoms with E-state index >= 15 is 0 Å². The summed E-state index contributed by atoms with van der Waals surface area (Å²) in [5, 5.41) is 0. The lowest BCUT2D eigenvalue weighted by atomic mass is 10.2. The Balaban J connectivity index is 2.19. The van der Waals surface area contributed by atoms with Crippen molar-refractivity contribution in [2.24, 2.45) is 4.99 Å². The Labute approximate surface area is 102 Å². The minimum Gasteiger partial charge on any atom is -0.496 e. The standard InChI is InChI=1S/C15H15NO/c1-12-10-14(8-9-15(12)17-2)16-11-13-6-4-3-5-7-13/h3-11H,1-2H3. The molecule has 0 saturated carbocycles. The van der Waals surface area contributed by atoms with E-state index in [9.17, 15) is 0 Å². The second-order valence-corrected chi connectivity index (χ2v) is 3.82. The van der Waals surface area contributed by atoms with Crippen LogP contribution in [0.3, 0.4) is 0 Å². The topological polar surface area (TPSA) is 21.6 Å². The van der Waals surface area contributed by atoms with E-state index in [-0.39, 0.29) is 0 Å². The molecule has 0 unspecified atom stereocenters. The number of benzene rings is 2. The van der Waals surface area contributed by atoms with Crippen LogP contribution in [0, 0.1) is 6.92 Å². The lowest BCUT2D eigenvalue weighted by molar-refractivity contribution is 0.412. The molecular weight excluding hydrogens is 210 g/mol. The quantitative estimate of drug-likeness (QED) is 0.729. The molecule has 2 heteroatoms. The maximum Gasteiger partial charge on any atom is 0.121 e. The van der Waals surface area contributed by atoms with Crippen LogP contribution in [-0.4, -0.2) is 13.3 Å². The third-order valence-electron chi connectivity index (χ3n) is 2.54. The van der Waals surface area contributed by atoms with Crippen LogP contribution in [0.4, 0.5) is 5.69 Å². The number of hydrogen-bond acceptors (Lipinski definition) is 2. The molecule has 0 amide bonds. The highest BCUT2D eigenvalue weighted by molar-refractivity contribution is 5.81. The molecule has 0 aliphatic heterocycles. The zero-order valence-electron chi connectivity index (χ0n) is 10.1. The van der Waals surface area contributed by atoms with Gasteiger partial charge in [0.1, 0.15) is 5.75 Å². The van der Waals surface area contributed by atoms with E-state index in [0.29, 0.717) is 0 Å². The first-order valence-electron chi connectivity index (χ1n) is 5.53. The van der Waals surface area contributed by atoms with Crippen LogP contribution in [0.2, 0.25) is 0 Å². The maximum atomic E-state index is 5.21. The zero-order chi connectivity index (χ0) is 12.1. The molecule has 2 aromatic rings. The second kappa shape index (κ2) is 5.30. The average molecular weight is 225 g/mol. The second-order valence-electron chi connectivity index (χ2n) is 3.82. The fraction of sp³-hybridized carbons (Fsp3) is 0.133. The summed E-state index contributed by atoms with van der Waals surface area (Å²) < 4.78 is 5.21. The molecule has 0 atom stereocenters. The summed E-state index contributed by atoms with van der Waals surface area (Å²) in [6.07, 6.45) is 1.86. The molecule has 86 valence electrons. The van der Waals surface area contributed by atoms with E-state index in [0.717, 1.165) is 22.6 Å². The molecule has 2 nitrogen and oxygen atoms in total. The zero-order valence-corrected chi connectivity index (χ0v) is 10.1. The van der Waals surface area contributed by atoms with Crippen LogP contribution in [-0.2, 0) is 0 Å². The first kappa shape index (κ1) is 11.4. The summed E-state index contributed by atoms with van der Waals surface area (Å²) in [6.45, 7) is 2.01.